The summed E-state index contributed by atoms with van der Waals surface area (Å²) in [5, 5.41) is 0. The Morgan fingerprint density at radius 1 is 0.643 bits per heavy atom. The van der Waals surface area contributed by atoms with E-state index in [4.69, 9.17) is 8.85 Å². The molecule has 4 heteroatoms. The molecule has 0 heterocycles. The maximum absolute atomic E-state index is 6.04. The van der Waals surface area contributed by atoms with Crippen molar-refractivity contribution in [3.8, 4) is 0 Å². The molecule has 0 saturated heterocycles. The highest BCUT2D eigenvalue weighted by Crippen LogP contribution is 2.30. The third kappa shape index (κ3) is 4.25. The monoisotopic (exact) mass is 234 g/mol. The molecule has 0 amide bonds. The minimum atomic E-state index is -1.01. The summed E-state index contributed by atoms with van der Waals surface area (Å²) in [6.07, 6.45) is 0. The summed E-state index contributed by atoms with van der Waals surface area (Å²) in [6.45, 7) is 17.3. The Morgan fingerprint density at radius 2 is 0.857 bits per heavy atom. The van der Waals surface area contributed by atoms with Crippen LogP contribution in [0.25, 0.3) is 0 Å². The summed E-state index contributed by atoms with van der Waals surface area (Å²) < 4.78 is 12.1. The molecule has 0 atom stereocenters. The molecule has 0 saturated carbocycles. The fraction of sp³-hybridized carbons (Fsp3) is 1.00. The van der Waals surface area contributed by atoms with Gasteiger partial charge in [-0.3, -0.25) is 0 Å². The van der Waals surface area contributed by atoms with Crippen LogP contribution in [0.4, 0.5) is 0 Å². The van der Waals surface area contributed by atoms with Crippen molar-refractivity contribution < 1.29 is 8.85 Å². The predicted octanol–water partition coefficient (Wildman–Crippen LogP) is 2.54. The van der Waals surface area contributed by atoms with Gasteiger partial charge in [-0.2, -0.15) is 0 Å². The van der Waals surface area contributed by atoms with Crippen LogP contribution in [-0.4, -0.2) is 29.3 Å². The van der Waals surface area contributed by atoms with Crippen LogP contribution in [0.5, 0.6) is 0 Å². The average molecular weight is 234 g/mol. The van der Waals surface area contributed by atoms with Crippen molar-refractivity contribution in [2.45, 2.75) is 65.1 Å². The Kier molecular flexibility index (Phi) is 5.04. The lowest BCUT2D eigenvalue weighted by atomic mass is 9.90. The maximum Gasteiger partial charge on any atom is 0.171 e. The number of rotatable bonds is 5. The van der Waals surface area contributed by atoms with Gasteiger partial charge < -0.3 is 8.85 Å². The fourth-order valence-electron chi connectivity index (χ4n) is 1.46. The van der Waals surface area contributed by atoms with E-state index >= 15 is 0 Å². The van der Waals surface area contributed by atoms with Crippen molar-refractivity contribution in [2.24, 2.45) is 0 Å². The molecule has 0 aliphatic heterocycles. The standard InChI is InChI=1S/C10H26O2Si2/c1-9(2,11-13(5)6)10(3,4)12-14(7)8/h13-14H,1-8H3. The summed E-state index contributed by atoms with van der Waals surface area (Å²) in [5.74, 6) is 0. The normalized spacial score (nSPS) is 14.1. The highest BCUT2D eigenvalue weighted by molar-refractivity contribution is 6.49. The van der Waals surface area contributed by atoms with E-state index in [-0.39, 0.29) is 11.2 Å². The Morgan fingerprint density at radius 3 is 1.00 bits per heavy atom. The van der Waals surface area contributed by atoms with E-state index in [1.165, 1.54) is 0 Å². The second-order valence-electron chi connectivity index (χ2n) is 5.35. The SMILES string of the molecule is C[SiH](C)OC(C)(C)C(C)(C)O[SiH](C)C. The van der Waals surface area contributed by atoms with Crippen LogP contribution in [0.15, 0.2) is 0 Å². The maximum atomic E-state index is 6.04. The first-order chi connectivity index (χ1) is 6.08. The van der Waals surface area contributed by atoms with E-state index < -0.39 is 18.1 Å². The van der Waals surface area contributed by atoms with Crippen LogP contribution in [-0.2, 0) is 8.85 Å². The van der Waals surface area contributed by atoms with E-state index in [0.29, 0.717) is 0 Å². The van der Waals surface area contributed by atoms with Crippen LogP contribution >= 0.6 is 0 Å². The molecule has 0 spiro atoms. The predicted molar refractivity (Wildman–Crippen MR) is 68.1 cm³/mol. The molecule has 0 N–H and O–H groups in total. The fourth-order valence-corrected chi connectivity index (χ4v) is 4.39. The van der Waals surface area contributed by atoms with E-state index in [2.05, 4.69) is 53.9 Å². The van der Waals surface area contributed by atoms with Gasteiger partial charge >= 0.3 is 0 Å². The van der Waals surface area contributed by atoms with Crippen LogP contribution < -0.4 is 0 Å². The highest BCUT2D eigenvalue weighted by Gasteiger charge is 2.39. The van der Waals surface area contributed by atoms with E-state index in [1.807, 2.05) is 0 Å². The Balaban J connectivity index is 4.51. The van der Waals surface area contributed by atoms with E-state index in [1.54, 1.807) is 0 Å². The quantitative estimate of drug-likeness (QED) is 0.681. The van der Waals surface area contributed by atoms with Gasteiger partial charge in [0.1, 0.15) is 0 Å². The highest BCUT2D eigenvalue weighted by atomic mass is 28.3. The second-order valence-corrected chi connectivity index (χ2v) is 10.0. The molecule has 0 aromatic carbocycles. The van der Waals surface area contributed by atoms with Gasteiger partial charge in [-0.25, -0.2) is 0 Å². The van der Waals surface area contributed by atoms with Crippen molar-refractivity contribution in [3.05, 3.63) is 0 Å². The van der Waals surface area contributed by atoms with Crippen LogP contribution in [0.3, 0.4) is 0 Å². The minimum absolute atomic E-state index is 0.176. The van der Waals surface area contributed by atoms with Gasteiger partial charge in [0.05, 0.1) is 11.2 Å². The average Bonchev–Trinajstić information content (AvgIpc) is 1.78. The third-order valence-electron chi connectivity index (χ3n) is 2.51. The van der Waals surface area contributed by atoms with Crippen molar-refractivity contribution in [1.82, 2.24) is 0 Å². The summed E-state index contributed by atoms with van der Waals surface area (Å²) in [7, 11) is -2.01. The molecular weight excluding hydrogens is 208 g/mol. The zero-order valence-electron chi connectivity index (χ0n) is 11.0. The van der Waals surface area contributed by atoms with Gasteiger partial charge in [0, 0.05) is 0 Å². The minimum Gasteiger partial charge on any atom is -0.413 e. The number of hydrogen-bond donors (Lipinski definition) is 0. The summed E-state index contributed by atoms with van der Waals surface area (Å²) in [4.78, 5) is 0. The lowest BCUT2D eigenvalue weighted by Gasteiger charge is -2.44. The molecule has 0 fully saturated rings. The van der Waals surface area contributed by atoms with Crippen molar-refractivity contribution in [3.63, 3.8) is 0 Å². The van der Waals surface area contributed by atoms with E-state index in [9.17, 15) is 0 Å². The largest absolute Gasteiger partial charge is 0.413 e. The molecule has 0 aliphatic carbocycles. The van der Waals surface area contributed by atoms with Gasteiger partial charge in [0.25, 0.3) is 0 Å². The molecule has 0 unspecified atom stereocenters. The van der Waals surface area contributed by atoms with Crippen molar-refractivity contribution in [2.75, 3.05) is 0 Å². The molecule has 0 radical (unpaired) electrons. The Labute approximate surface area is 92.5 Å². The molecule has 0 rings (SSSR count). The Bertz CT molecular complexity index is 157. The van der Waals surface area contributed by atoms with Crippen LogP contribution in [0.1, 0.15) is 27.7 Å². The zero-order chi connectivity index (χ0) is 11.6. The first-order valence-electron chi connectivity index (χ1n) is 5.44. The summed E-state index contributed by atoms with van der Waals surface area (Å²) in [6, 6.07) is 0. The van der Waals surface area contributed by atoms with Crippen LogP contribution in [0, 0.1) is 0 Å². The smallest absolute Gasteiger partial charge is 0.171 e. The molecule has 0 aliphatic rings. The molecule has 0 aromatic heterocycles. The Hall–Kier alpha value is 0.354. The molecule has 0 aromatic rings. The van der Waals surface area contributed by atoms with Gasteiger partial charge in [0.15, 0.2) is 18.1 Å². The first-order valence-corrected chi connectivity index (χ1v) is 11.0. The molecule has 86 valence electrons. The van der Waals surface area contributed by atoms with Gasteiger partial charge in [-0.05, 0) is 53.9 Å². The van der Waals surface area contributed by atoms with Crippen molar-refractivity contribution in [1.29, 1.82) is 0 Å². The third-order valence-corrected chi connectivity index (χ3v) is 4.63. The molecular formula is C10H26O2Si2. The van der Waals surface area contributed by atoms with Gasteiger partial charge in [-0.15, -0.1) is 0 Å². The molecule has 0 bridgehead atoms. The molecule has 2 nitrogen and oxygen atoms in total. The van der Waals surface area contributed by atoms with Crippen LogP contribution in [0.2, 0.25) is 26.2 Å². The van der Waals surface area contributed by atoms with E-state index in [0.717, 1.165) is 0 Å². The van der Waals surface area contributed by atoms with Crippen molar-refractivity contribution >= 4 is 18.1 Å². The zero-order valence-corrected chi connectivity index (χ0v) is 13.3. The lowest BCUT2D eigenvalue weighted by Crippen LogP contribution is -2.52. The summed E-state index contributed by atoms with van der Waals surface area (Å²) >= 11 is 0. The first kappa shape index (κ1) is 14.4. The topological polar surface area (TPSA) is 18.5 Å². The lowest BCUT2D eigenvalue weighted by molar-refractivity contribution is -0.0768. The summed E-state index contributed by atoms with van der Waals surface area (Å²) in [5.41, 5.74) is -0.352. The second kappa shape index (κ2) is 4.92. The van der Waals surface area contributed by atoms with Gasteiger partial charge in [-0.1, -0.05) is 0 Å². The molecule has 14 heavy (non-hydrogen) atoms. The van der Waals surface area contributed by atoms with Gasteiger partial charge in [0.2, 0.25) is 0 Å². The number of hydrogen-bond acceptors (Lipinski definition) is 2.